The van der Waals surface area contributed by atoms with Crippen LogP contribution in [0.4, 0.5) is 5.69 Å². The Labute approximate surface area is 172 Å². The van der Waals surface area contributed by atoms with Crippen molar-refractivity contribution in [1.29, 1.82) is 0 Å². The third-order valence-electron chi connectivity index (χ3n) is 5.00. The average Bonchev–Trinajstić information content (AvgIpc) is 3.29. The van der Waals surface area contributed by atoms with E-state index < -0.39 is 0 Å². The second kappa shape index (κ2) is 7.36. The maximum atomic E-state index is 13.6. The summed E-state index contributed by atoms with van der Waals surface area (Å²) in [6.45, 7) is 2.27. The summed E-state index contributed by atoms with van der Waals surface area (Å²) in [7, 11) is 0. The molecule has 2 aromatic carbocycles. The summed E-state index contributed by atoms with van der Waals surface area (Å²) in [4.78, 5) is 24.3. The fourth-order valence-electron chi connectivity index (χ4n) is 3.53. The first-order chi connectivity index (χ1) is 14.7. The standard InChI is InChI=1S/C23H18N6O/c1-16-22-27-25-15-29(22)21-13-17(10-11-20(21)26-16)23(30)28(19-8-3-2-4-9-19)14-18-7-5-6-12-24-18/h2-13,15H,14H2,1H3. The largest absolute Gasteiger partial charge is 0.302 e. The van der Waals surface area contributed by atoms with Crippen molar-refractivity contribution in [2.75, 3.05) is 4.90 Å². The highest BCUT2D eigenvalue weighted by Gasteiger charge is 2.20. The van der Waals surface area contributed by atoms with Crippen LogP contribution in [0, 0.1) is 6.92 Å². The molecule has 0 bridgehead atoms. The van der Waals surface area contributed by atoms with E-state index in [9.17, 15) is 4.79 Å². The number of fused-ring (bicyclic) bond motifs is 3. The number of aryl methyl sites for hydroxylation is 1. The van der Waals surface area contributed by atoms with Crippen LogP contribution in [0.2, 0.25) is 0 Å². The van der Waals surface area contributed by atoms with Crippen LogP contribution in [0.1, 0.15) is 21.7 Å². The highest BCUT2D eigenvalue weighted by atomic mass is 16.2. The Morgan fingerprint density at radius 3 is 2.67 bits per heavy atom. The van der Waals surface area contributed by atoms with Crippen molar-refractivity contribution in [3.63, 3.8) is 0 Å². The molecule has 0 saturated carbocycles. The van der Waals surface area contributed by atoms with E-state index in [0.29, 0.717) is 17.8 Å². The molecule has 0 unspecified atom stereocenters. The molecule has 0 aliphatic heterocycles. The Balaban J connectivity index is 1.60. The minimum Gasteiger partial charge on any atom is -0.302 e. The molecule has 0 N–H and O–H groups in total. The van der Waals surface area contributed by atoms with Gasteiger partial charge in [-0.15, -0.1) is 10.2 Å². The molecule has 1 amide bonds. The van der Waals surface area contributed by atoms with Crippen molar-refractivity contribution in [1.82, 2.24) is 24.6 Å². The monoisotopic (exact) mass is 394 g/mol. The number of hydrogen-bond acceptors (Lipinski definition) is 5. The lowest BCUT2D eigenvalue weighted by atomic mass is 10.1. The Morgan fingerprint density at radius 2 is 1.87 bits per heavy atom. The van der Waals surface area contributed by atoms with Crippen LogP contribution < -0.4 is 4.90 Å². The molecule has 30 heavy (non-hydrogen) atoms. The SMILES string of the molecule is Cc1nc2ccc(C(=O)N(Cc3ccccn3)c3ccccc3)cc2n2cnnc12. The first-order valence-corrected chi connectivity index (χ1v) is 9.57. The molecule has 0 aliphatic carbocycles. The Morgan fingerprint density at radius 1 is 1.03 bits per heavy atom. The molecule has 0 saturated heterocycles. The van der Waals surface area contributed by atoms with E-state index in [4.69, 9.17) is 0 Å². The maximum Gasteiger partial charge on any atom is 0.258 e. The number of pyridine rings is 1. The minimum absolute atomic E-state index is 0.115. The molecule has 146 valence electrons. The Bertz CT molecular complexity index is 1350. The fourth-order valence-corrected chi connectivity index (χ4v) is 3.53. The first kappa shape index (κ1) is 17.9. The number of carbonyl (C=O) groups excluding carboxylic acids is 1. The molecular weight excluding hydrogens is 376 g/mol. The normalized spacial score (nSPS) is 11.1. The summed E-state index contributed by atoms with van der Waals surface area (Å²) in [6.07, 6.45) is 3.37. The van der Waals surface area contributed by atoms with Gasteiger partial charge >= 0.3 is 0 Å². The lowest BCUT2D eigenvalue weighted by Gasteiger charge is -2.23. The highest BCUT2D eigenvalue weighted by Crippen LogP contribution is 2.23. The number of anilines is 1. The number of carbonyl (C=O) groups is 1. The molecule has 0 spiro atoms. The summed E-state index contributed by atoms with van der Waals surface area (Å²) in [5, 5.41) is 8.12. The van der Waals surface area contributed by atoms with Crippen LogP contribution in [0.15, 0.2) is 79.3 Å². The molecule has 5 aromatic rings. The maximum absolute atomic E-state index is 13.6. The van der Waals surface area contributed by atoms with Gasteiger partial charge < -0.3 is 4.90 Å². The molecular formula is C23H18N6O. The number of hydrogen-bond donors (Lipinski definition) is 0. The van der Waals surface area contributed by atoms with Gasteiger partial charge in [0.05, 0.1) is 29.0 Å². The van der Waals surface area contributed by atoms with Gasteiger partial charge in [0.25, 0.3) is 5.91 Å². The number of aromatic nitrogens is 5. The molecule has 0 aliphatic rings. The lowest BCUT2D eigenvalue weighted by molar-refractivity contribution is 0.0985. The predicted molar refractivity (Wildman–Crippen MR) is 114 cm³/mol. The zero-order valence-corrected chi connectivity index (χ0v) is 16.3. The number of para-hydroxylation sites is 1. The summed E-state index contributed by atoms with van der Waals surface area (Å²) < 4.78 is 1.86. The number of nitrogens with zero attached hydrogens (tertiary/aromatic N) is 6. The molecule has 7 heteroatoms. The molecule has 0 atom stereocenters. The van der Waals surface area contributed by atoms with Gasteiger partial charge in [-0.3, -0.25) is 14.2 Å². The van der Waals surface area contributed by atoms with E-state index in [1.165, 1.54) is 0 Å². The third kappa shape index (κ3) is 3.16. The average molecular weight is 394 g/mol. The Kier molecular flexibility index (Phi) is 4.40. The molecule has 3 aromatic heterocycles. The molecule has 5 rings (SSSR count). The first-order valence-electron chi connectivity index (χ1n) is 9.57. The summed E-state index contributed by atoms with van der Waals surface area (Å²) in [5.41, 5.74) is 5.23. The number of amides is 1. The van der Waals surface area contributed by atoms with E-state index in [2.05, 4.69) is 20.2 Å². The van der Waals surface area contributed by atoms with E-state index >= 15 is 0 Å². The van der Waals surface area contributed by atoms with Crippen molar-refractivity contribution >= 4 is 28.3 Å². The van der Waals surface area contributed by atoms with Gasteiger partial charge in [0.15, 0.2) is 5.65 Å². The van der Waals surface area contributed by atoms with Gasteiger partial charge in [-0.05, 0) is 49.4 Å². The van der Waals surface area contributed by atoms with Gasteiger partial charge in [0, 0.05) is 17.4 Å². The zero-order chi connectivity index (χ0) is 20.5. The van der Waals surface area contributed by atoms with Crippen LogP contribution in [0.25, 0.3) is 16.7 Å². The number of benzene rings is 2. The van der Waals surface area contributed by atoms with Crippen molar-refractivity contribution in [3.05, 3.63) is 96.2 Å². The topological polar surface area (TPSA) is 76.3 Å². The van der Waals surface area contributed by atoms with Crippen molar-refractivity contribution in [3.8, 4) is 0 Å². The van der Waals surface area contributed by atoms with E-state index in [0.717, 1.165) is 28.1 Å². The van der Waals surface area contributed by atoms with E-state index in [1.54, 1.807) is 17.4 Å². The van der Waals surface area contributed by atoms with Gasteiger partial charge in [-0.25, -0.2) is 4.98 Å². The highest BCUT2D eigenvalue weighted by molar-refractivity contribution is 6.07. The second-order valence-corrected chi connectivity index (χ2v) is 6.97. The quantitative estimate of drug-likeness (QED) is 0.463. The van der Waals surface area contributed by atoms with Crippen LogP contribution in [-0.2, 0) is 6.54 Å². The summed E-state index contributed by atoms with van der Waals surface area (Å²) in [5.74, 6) is -0.115. The Hall–Kier alpha value is -4.13. The fraction of sp³-hybridized carbons (Fsp3) is 0.0870. The molecule has 7 nitrogen and oxygen atoms in total. The van der Waals surface area contributed by atoms with Crippen molar-refractivity contribution in [2.45, 2.75) is 13.5 Å². The van der Waals surface area contributed by atoms with Crippen molar-refractivity contribution < 1.29 is 4.79 Å². The smallest absolute Gasteiger partial charge is 0.258 e. The van der Waals surface area contributed by atoms with Crippen LogP contribution in [0.5, 0.6) is 0 Å². The van der Waals surface area contributed by atoms with Crippen molar-refractivity contribution in [2.24, 2.45) is 0 Å². The second-order valence-electron chi connectivity index (χ2n) is 6.97. The molecule has 0 fully saturated rings. The van der Waals surface area contributed by atoms with Crippen LogP contribution >= 0.6 is 0 Å². The zero-order valence-electron chi connectivity index (χ0n) is 16.3. The van der Waals surface area contributed by atoms with Crippen LogP contribution in [-0.4, -0.2) is 30.5 Å². The van der Waals surface area contributed by atoms with Crippen LogP contribution in [0.3, 0.4) is 0 Å². The van der Waals surface area contributed by atoms with Gasteiger partial charge in [-0.2, -0.15) is 0 Å². The predicted octanol–water partition coefficient (Wildman–Crippen LogP) is 3.83. The number of rotatable bonds is 4. The molecule has 3 heterocycles. The summed E-state index contributed by atoms with van der Waals surface area (Å²) in [6, 6.07) is 20.8. The molecule has 0 radical (unpaired) electrons. The minimum atomic E-state index is -0.115. The van der Waals surface area contributed by atoms with E-state index in [-0.39, 0.29) is 5.91 Å². The third-order valence-corrected chi connectivity index (χ3v) is 5.00. The van der Waals surface area contributed by atoms with Gasteiger partial charge in [-0.1, -0.05) is 24.3 Å². The van der Waals surface area contributed by atoms with Gasteiger partial charge in [0.2, 0.25) is 0 Å². The lowest BCUT2D eigenvalue weighted by Crippen LogP contribution is -2.30. The van der Waals surface area contributed by atoms with E-state index in [1.807, 2.05) is 78.1 Å². The van der Waals surface area contributed by atoms with Gasteiger partial charge in [0.1, 0.15) is 6.33 Å². The summed E-state index contributed by atoms with van der Waals surface area (Å²) >= 11 is 0.